The van der Waals surface area contributed by atoms with Gasteiger partial charge >= 0.3 is 0 Å². The Hall–Kier alpha value is -0.340. The van der Waals surface area contributed by atoms with Crippen LogP contribution in [-0.4, -0.2) is 17.3 Å². The van der Waals surface area contributed by atoms with Crippen LogP contribution < -0.4 is 5.73 Å². The molecule has 3 N–H and O–H groups in total. The molecule has 2 nitrogen and oxygen atoms in total. The van der Waals surface area contributed by atoms with Gasteiger partial charge in [0.1, 0.15) is 0 Å². The molecule has 4 atom stereocenters. The van der Waals surface area contributed by atoms with Gasteiger partial charge in [0.15, 0.2) is 0 Å². The van der Waals surface area contributed by atoms with E-state index < -0.39 is 0 Å². The van der Waals surface area contributed by atoms with E-state index in [1.807, 2.05) is 0 Å². The lowest BCUT2D eigenvalue weighted by atomic mass is 9.89. The molecule has 0 aromatic rings. The van der Waals surface area contributed by atoms with Gasteiger partial charge in [-0.25, -0.2) is 0 Å². The zero-order chi connectivity index (χ0) is 8.29. The molecule has 2 bridgehead atoms. The van der Waals surface area contributed by atoms with Gasteiger partial charge in [0.05, 0.1) is 6.10 Å². The first-order valence-electron chi connectivity index (χ1n) is 4.92. The number of aliphatic hydroxyl groups is 1. The van der Waals surface area contributed by atoms with E-state index in [0.29, 0.717) is 11.8 Å². The highest BCUT2D eigenvalue weighted by atomic mass is 16.3. The zero-order valence-corrected chi connectivity index (χ0v) is 7.11. The molecule has 0 heterocycles. The number of hydrogen-bond acceptors (Lipinski definition) is 2. The summed E-state index contributed by atoms with van der Waals surface area (Å²) in [5.41, 5.74) is 7.51. The van der Waals surface area contributed by atoms with E-state index in [1.165, 1.54) is 12.8 Å². The van der Waals surface area contributed by atoms with Crippen molar-refractivity contribution >= 4 is 0 Å². The Morgan fingerprint density at radius 3 is 2.67 bits per heavy atom. The van der Waals surface area contributed by atoms with Crippen molar-refractivity contribution in [3.63, 3.8) is 0 Å². The van der Waals surface area contributed by atoms with E-state index in [1.54, 1.807) is 5.57 Å². The molecular formula is C10H15NO. The number of fused-ring (bicyclic) bond motifs is 2. The summed E-state index contributed by atoms with van der Waals surface area (Å²) in [6.45, 7) is 0. The standard InChI is InChI=1S/C10H15NO/c11-9-8-4-6(10(9)12)3-7(8)5-1-2-5/h3,5-6,8-10,12H,1-2,4,11H2. The summed E-state index contributed by atoms with van der Waals surface area (Å²) in [5, 5.41) is 9.64. The lowest BCUT2D eigenvalue weighted by Crippen LogP contribution is -2.39. The molecule has 2 saturated carbocycles. The van der Waals surface area contributed by atoms with E-state index in [-0.39, 0.29) is 12.1 Å². The molecule has 2 fully saturated rings. The fourth-order valence-electron chi connectivity index (χ4n) is 2.86. The van der Waals surface area contributed by atoms with E-state index in [9.17, 15) is 5.11 Å². The topological polar surface area (TPSA) is 46.2 Å². The lowest BCUT2D eigenvalue weighted by molar-refractivity contribution is 0.128. The zero-order valence-electron chi connectivity index (χ0n) is 7.11. The van der Waals surface area contributed by atoms with Gasteiger partial charge in [-0.15, -0.1) is 0 Å². The van der Waals surface area contributed by atoms with Crippen LogP contribution in [0, 0.1) is 17.8 Å². The van der Waals surface area contributed by atoms with Crippen LogP contribution in [0.1, 0.15) is 19.3 Å². The highest BCUT2D eigenvalue weighted by Gasteiger charge is 2.48. The van der Waals surface area contributed by atoms with Gasteiger partial charge in [0.25, 0.3) is 0 Å². The Labute approximate surface area is 72.5 Å². The first-order valence-corrected chi connectivity index (χ1v) is 4.92. The number of nitrogens with two attached hydrogens (primary N) is 1. The van der Waals surface area contributed by atoms with Crippen LogP contribution in [-0.2, 0) is 0 Å². The second-order valence-corrected chi connectivity index (χ2v) is 4.51. The average Bonchev–Trinajstić information content (AvgIpc) is 2.77. The van der Waals surface area contributed by atoms with Gasteiger partial charge in [0, 0.05) is 12.0 Å². The SMILES string of the molecule is NC1C2CC(C=C2C2CC2)C1O. The summed E-state index contributed by atoms with van der Waals surface area (Å²) in [6, 6.07) is 0.0376. The first-order chi connectivity index (χ1) is 5.77. The minimum absolute atomic E-state index is 0.0376. The Balaban J connectivity index is 1.90. The molecule has 0 aliphatic heterocycles. The Kier molecular flexibility index (Phi) is 1.25. The fraction of sp³-hybridized carbons (Fsp3) is 0.800. The second-order valence-electron chi connectivity index (χ2n) is 4.51. The number of aliphatic hydroxyl groups excluding tert-OH is 1. The van der Waals surface area contributed by atoms with Crippen LogP contribution in [0.25, 0.3) is 0 Å². The van der Waals surface area contributed by atoms with Crippen molar-refractivity contribution in [2.24, 2.45) is 23.5 Å². The van der Waals surface area contributed by atoms with Gasteiger partial charge in [-0.3, -0.25) is 0 Å². The van der Waals surface area contributed by atoms with Crippen molar-refractivity contribution in [2.45, 2.75) is 31.4 Å². The minimum atomic E-state index is -0.252. The molecule has 0 spiro atoms. The largest absolute Gasteiger partial charge is 0.391 e. The summed E-state index contributed by atoms with van der Waals surface area (Å²) in [5.74, 6) is 1.76. The molecule has 4 unspecified atom stereocenters. The summed E-state index contributed by atoms with van der Waals surface area (Å²) < 4.78 is 0. The Morgan fingerprint density at radius 2 is 2.17 bits per heavy atom. The predicted molar refractivity (Wildman–Crippen MR) is 46.4 cm³/mol. The third kappa shape index (κ3) is 0.771. The average molecular weight is 165 g/mol. The number of hydrogen-bond donors (Lipinski definition) is 2. The third-order valence-corrected chi connectivity index (χ3v) is 3.71. The maximum atomic E-state index is 9.64. The molecule has 3 aliphatic carbocycles. The van der Waals surface area contributed by atoms with Crippen molar-refractivity contribution in [3.05, 3.63) is 11.6 Å². The second kappa shape index (κ2) is 2.12. The van der Waals surface area contributed by atoms with Gasteiger partial charge in [-0.05, 0) is 31.1 Å². The highest BCUT2D eigenvalue weighted by Crippen LogP contribution is 2.52. The van der Waals surface area contributed by atoms with Crippen LogP contribution in [0.3, 0.4) is 0 Å². The van der Waals surface area contributed by atoms with Gasteiger partial charge in [-0.2, -0.15) is 0 Å². The van der Waals surface area contributed by atoms with Crippen molar-refractivity contribution in [1.82, 2.24) is 0 Å². The molecule has 66 valence electrons. The van der Waals surface area contributed by atoms with Crippen molar-refractivity contribution in [1.29, 1.82) is 0 Å². The van der Waals surface area contributed by atoms with Crippen LogP contribution in [0.2, 0.25) is 0 Å². The molecule has 12 heavy (non-hydrogen) atoms. The highest BCUT2D eigenvalue weighted by molar-refractivity contribution is 5.30. The quantitative estimate of drug-likeness (QED) is 0.561. The first kappa shape index (κ1) is 7.10. The van der Waals surface area contributed by atoms with Crippen LogP contribution >= 0.6 is 0 Å². The summed E-state index contributed by atoms with van der Waals surface area (Å²) in [4.78, 5) is 0. The monoisotopic (exact) mass is 165 g/mol. The Bertz CT molecular complexity index is 244. The molecule has 0 saturated heterocycles. The minimum Gasteiger partial charge on any atom is -0.391 e. The van der Waals surface area contributed by atoms with E-state index in [2.05, 4.69) is 6.08 Å². The number of rotatable bonds is 1. The predicted octanol–water partition coefficient (Wildman–Crippen LogP) is 0.661. The van der Waals surface area contributed by atoms with E-state index in [0.717, 1.165) is 12.3 Å². The van der Waals surface area contributed by atoms with Gasteiger partial charge < -0.3 is 10.8 Å². The third-order valence-electron chi connectivity index (χ3n) is 3.71. The normalized spacial score (nSPS) is 51.3. The molecule has 2 heteroatoms. The summed E-state index contributed by atoms with van der Waals surface area (Å²) in [6.07, 6.45) is 5.89. The molecule has 0 aromatic carbocycles. The van der Waals surface area contributed by atoms with Crippen LogP contribution in [0.15, 0.2) is 11.6 Å². The van der Waals surface area contributed by atoms with Gasteiger partial charge in [-0.1, -0.05) is 11.6 Å². The summed E-state index contributed by atoms with van der Waals surface area (Å²) >= 11 is 0. The molecule has 0 aromatic heterocycles. The maximum absolute atomic E-state index is 9.64. The van der Waals surface area contributed by atoms with Crippen molar-refractivity contribution in [2.75, 3.05) is 0 Å². The maximum Gasteiger partial charge on any atom is 0.0759 e. The fourth-order valence-corrected chi connectivity index (χ4v) is 2.86. The van der Waals surface area contributed by atoms with Gasteiger partial charge in [0.2, 0.25) is 0 Å². The van der Waals surface area contributed by atoms with Crippen molar-refractivity contribution < 1.29 is 5.11 Å². The Morgan fingerprint density at radius 1 is 1.42 bits per heavy atom. The molecule has 0 amide bonds. The molecule has 0 radical (unpaired) electrons. The van der Waals surface area contributed by atoms with Crippen molar-refractivity contribution in [3.8, 4) is 0 Å². The molecular weight excluding hydrogens is 150 g/mol. The van der Waals surface area contributed by atoms with E-state index >= 15 is 0 Å². The molecule has 3 rings (SSSR count). The van der Waals surface area contributed by atoms with Crippen LogP contribution in [0.4, 0.5) is 0 Å². The lowest BCUT2D eigenvalue weighted by Gasteiger charge is -2.24. The smallest absolute Gasteiger partial charge is 0.0759 e. The van der Waals surface area contributed by atoms with E-state index in [4.69, 9.17) is 5.73 Å². The molecule has 3 aliphatic rings. The summed E-state index contributed by atoms with van der Waals surface area (Å²) in [7, 11) is 0. The van der Waals surface area contributed by atoms with Crippen LogP contribution in [0.5, 0.6) is 0 Å².